The minimum atomic E-state index is 0.800. The molecule has 15 heavy (non-hydrogen) atoms. The minimum absolute atomic E-state index is 0.800. The van der Waals surface area contributed by atoms with Gasteiger partial charge in [0.1, 0.15) is 0 Å². The van der Waals surface area contributed by atoms with E-state index in [-0.39, 0.29) is 0 Å². The van der Waals surface area contributed by atoms with E-state index < -0.39 is 0 Å². The summed E-state index contributed by atoms with van der Waals surface area (Å²) in [6, 6.07) is 8.80. The molecule has 3 heteroatoms. The van der Waals surface area contributed by atoms with Crippen LogP contribution in [0.15, 0.2) is 24.3 Å². The maximum Gasteiger partial charge on any atom is 0.0359 e. The van der Waals surface area contributed by atoms with Crippen molar-refractivity contribution in [3.8, 4) is 0 Å². The molecule has 1 aromatic carbocycles. The van der Waals surface area contributed by atoms with Crippen molar-refractivity contribution in [2.75, 3.05) is 18.8 Å². The van der Waals surface area contributed by atoms with Crippen molar-refractivity contribution >= 4 is 5.69 Å². The molecule has 0 radical (unpaired) electrons. The molecule has 2 rings (SSSR count). The average Bonchev–Trinajstić information content (AvgIpc) is 3.04. The summed E-state index contributed by atoms with van der Waals surface area (Å²) in [7, 11) is 0. The zero-order valence-corrected chi connectivity index (χ0v) is 9.00. The van der Waals surface area contributed by atoms with Crippen LogP contribution in [0.1, 0.15) is 18.4 Å². The molecule has 0 amide bonds. The largest absolute Gasteiger partial charge is 0.398 e. The SMILES string of the molecule is Nc1ccccc1CNCCNC1CC1. The zero-order chi connectivity index (χ0) is 10.5. The Morgan fingerprint density at radius 2 is 2.00 bits per heavy atom. The topological polar surface area (TPSA) is 50.1 Å². The molecule has 3 nitrogen and oxygen atoms in total. The summed E-state index contributed by atoms with van der Waals surface area (Å²) in [5.74, 6) is 0. The lowest BCUT2D eigenvalue weighted by molar-refractivity contribution is 0.609. The standard InChI is InChI=1S/C12H19N3/c13-12-4-2-1-3-10(12)9-14-7-8-15-11-5-6-11/h1-4,11,14-15H,5-9,13H2. The van der Waals surface area contributed by atoms with E-state index in [1.807, 2.05) is 18.2 Å². The molecule has 0 bridgehead atoms. The molecule has 0 unspecified atom stereocenters. The molecule has 4 N–H and O–H groups in total. The van der Waals surface area contributed by atoms with Gasteiger partial charge in [0.15, 0.2) is 0 Å². The summed E-state index contributed by atoms with van der Waals surface area (Å²) in [5, 5.41) is 6.85. The van der Waals surface area contributed by atoms with Gasteiger partial charge in [0.05, 0.1) is 0 Å². The number of para-hydroxylation sites is 1. The van der Waals surface area contributed by atoms with Crippen LogP contribution in [0.3, 0.4) is 0 Å². The van der Waals surface area contributed by atoms with Crippen LogP contribution in [0.5, 0.6) is 0 Å². The number of hydrogen-bond acceptors (Lipinski definition) is 3. The van der Waals surface area contributed by atoms with E-state index >= 15 is 0 Å². The number of nitrogens with two attached hydrogens (primary N) is 1. The van der Waals surface area contributed by atoms with E-state index in [0.29, 0.717) is 0 Å². The molecular formula is C12H19N3. The highest BCUT2D eigenvalue weighted by Gasteiger charge is 2.19. The third-order valence-corrected chi connectivity index (χ3v) is 2.68. The molecule has 0 aromatic heterocycles. The lowest BCUT2D eigenvalue weighted by Gasteiger charge is -2.07. The Kier molecular flexibility index (Phi) is 3.59. The second-order valence-corrected chi connectivity index (χ2v) is 4.10. The van der Waals surface area contributed by atoms with Crippen molar-refractivity contribution in [3.05, 3.63) is 29.8 Å². The molecule has 0 saturated heterocycles. The Morgan fingerprint density at radius 3 is 2.73 bits per heavy atom. The van der Waals surface area contributed by atoms with Crippen molar-refractivity contribution in [3.63, 3.8) is 0 Å². The van der Waals surface area contributed by atoms with Crippen LogP contribution in [-0.4, -0.2) is 19.1 Å². The number of benzene rings is 1. The Labute approximate surface area is 91.1 Å². The van der Waals surface area contributed by atoms with E-state index in [1.54, 1.807) is 0 Å². The summed E-state index contributed by atoms with van der Waals surface area (Å²) >= 11 is 0. The fraction of sp³-hybridized carbons (Fsp3) is 0.500. The van der Waals surface area contributed by atoms with Gasteiger partial charge >= 0.3 is 0 Å². The van der Waals surface area contributed by atoms with Gasteiger partial charge in [-0.1, -0.05) is 18.2 Å². The average molecular weight is 205 g/mol. The van der Waals surface area contributed by atoms with E-state index in [0.717, 1.165) is 31.4 Å². The monoisotopic (exact) mass is 205 g/mol. The van der Waals surface area contributed by atoms with Gasteiger partial charge in [0.25, 0.3) is 0 Å². The maximum absolute atomic E-state index is 5.84. The van der Waals surface area contributed by atoms with E-state index in [2.05, 4.69) is 16.7 Å². The summed E-state index contributed by atoms with van der Waals surface area (Å²) in [6.07, 6.45) is 2.71. The Bertz CT molecular complexity index is 307. The van der Waals surface area contributed by atoms with Crippen LogP contribution in [0.2, 0.25) is 0 Å². The molecule has 0 spiro atoms. The van der Waals surface area contributed by atoms with Gasteiger partial charge in [-0.3, -0.25) is 0 Å². The van der Waals surface area contributed by atoms with Crippen molar-refractivity contribution in [2.24, 2.45) is 0 Å². The van der Waals surface area contributed by atoms with Crippen LogP contribution >= 0.6 is 0 Å². The first-order valence-corrected chi connectivity index (χ1v) is 5.64. The molecular weight excluding hydrogens is 186 g/mol. The van der Waals surface area contributed by atoms with Crippen molar-refractivity contribution in [1.29, 1.82) is 0 Å². The first kappa shape index (κ1) is 10.5. The fourth-order valence-corrected chi connectivity index (χ4v) is 1.57. The highest BCUT2D eigenvalue weighted by Crippen LogP contribution is 2.17. The van der Waals surface area contributed by atoms with Crippen molar-refractivity contribution < 1.29 is 0 Å². The van der Waals surface area contributed by atoms with Gasteiger partial charge in [-0.15, -0.1) is 0 Å². The molecule has 82 valence electrons. The number of hydrogen-bond donors (Lipinski definition) is 3. The highest BCUT2D eigenvalue weighted by atomic mass is 15.0. The zero-order valence-electron chi connectivity index (χ0n) is 9.00. The molecule has 1 aliphatic rings. The second-order valence-electron chi connectivity index (χ2n) is 4.10. The normalized spacial score (nSPS) is 15.5. The molecule has 0 atom stereocenters. The van der Waals surface area contributed by atoms with Gasteiger partial charge in [-0.05, 0) is 24.5 Å². The van der Waals surface area contributed by atoms with Crippen LogP contribution in [0.4, 0.5) is 5.69 Å². The lowest BCUT2D eigenvalue weighted by Crippen LogP contribution is -2.28. The molecule has 1 saturated carbocycles. The van der Waals surface area contributed by atoms with Crippen LogP contribution < -0.4 is 16.4 Å². The lowest BCUT2D eigenvalue weighted by atomic mass is 10.2. The van der Waals surface area contributed by atoms with E-state index in [1.165, 1.54) is 18.4 Å². The first-order chi connectivity index (χ1) is 7.36. The molecule has 0 aliphatic heterocycles. The van der Waals surface area contributed by atoms with Crippen LogP contribution in [0.25, 0.3) is 0 Å². The van der Waals surface area contributed by atoms with Gasteiger partial charge in [-0.2, -0.15) is 0 Å². The summed E-state index contributed by atoms with van der Waals surface area (Å²) in [5.41, 5.74) is 7.90. The van der Waals surface area contributed by atoms with Crippen molar-refractivity contribution in [2.45, 2.75) is 25.4 Å². The molecule has 0 heterocycles. The van der Waals surface area contributed by atoms with Gasteiger partial charge in [-0.25, -0.2) is 0 Å². The van der Waals surface area contributed by atoms with Crippen LogP contribution in [-0.2, 0) is 6.54 Å². The smallest absolute Gasteiger partial charge is 0.0359 e. The predicted octanol–water partition coefficient (Wildman–Crippen LogP) is 1.11. The quantitative estimate of drug-likeness (QED) is 0.481. The Hall–Kier alpha value is -1.06. The van der Waals surface area contributed by atoms with E-state index in [4.69, 9.17) is 5.73 Å². The maximum atomic E-state index is 5.84. The number of anilines is 1. The molecule has 1 aromatic rings. The number of rotatable bonds is 6. The summed E-state index contributed by atoms with van der Waals surface area (Å²) < 4.78 is 0. The summed E-state index contributed by atoms with van der Waals surface area (Å²) in [4.78, 5) is 0. The molecule has 1 fully saturated rings. The summed E-state index contributed by atoms with van der Waals surface area (Å²) in [6.45, 7) is 2.92. The number of nitrogen functional groups attached to an aromatic ring is 1. The molecule has 1 aliphatic carbocycles. The van der Waals surface area contributed by atoms with Crippen LogP contribution in [0, 0.1) is 0 Å². The first-order valence-electron chi connectivity index (χ1n) is 5.64. The third-order valence-electron chi connectivity index (χ3n) is 2.68. The Morgan fingerprint density at radius 1 is 1.20 bits per heavy atom. The van der Waals surface area contributed by atoms with Crippen molar-refractivity contribution in [1.82, 2.24) is 10.6 Å². The third kappa shape index (κ3) is 3.53. The highest BCUT2D eigenvalue weighted by molar-refractivity contribution is 5.46. The number of nitrogens with one attached hydrogen (secondary N) is 2. The minimum Gasteiger partial charge on any atom is -0.398 e. The van der Waals surface area contributed by atoms with E-state index in [9.17, 15) is 0 Å². The predicted molar refractivity (Wildman–Crippen MR) is 63.6 cm³/mol. The fourth-order valence-electron chi connectivity index (χ4n) is 1.57. The van der Waals surface area contributed by atoms with Gasteiger partial charge in [0, 0.05) is 31.4 Å². The second kappa shape index (κ2) is 5.14. The van der Waals surface area contributed by atoms with Gasteiger partial charge in [0.2, 0.25) is 0 Å². The van der Waals surface area contributed by atoms with Gasteiger partial charge < -0.3 is 16.4 Å². The Balaban J connectivity index is 1.62.